The summed E-state index contributed by atoms with van der Waals surface area (Å²) in [6.07, 6.45) is 2.37. The van der Waals surface area contributed by atoms with Crippen molar-refractivity contribution in [2.45, 2.75) is 25.4 Å². The van der Waals surface area contributed by atoms with Crippen molar-refractivity contribution in [3.05, 3.63) is 38.3 Å². The number of nitrogens with zero attached hydrogens (tertiary/aromatic N) is 2. The molecule has 0 bridgehead atoms. The molecule has 1 atom stereocenters. The Kier molecular flexibility index (Phi) is 4.90. The molecule has 2 rings (SSSR count). The molecule has 0 aliphatic carbocycles. The summed E-state index contributed by atoms with van der Waals surface area (Å²) in [6.45, 7) is 2.82. The lowest BCUT2D eigenvalue weighted by Crippen LogP contribution is -2.43. The minimum Gasteiger partial charge on any atom is -0.315 e. The maximum Gasteiger partial charge on any atom is 0.283 e. The summed E-state index contributed by atoms with van der Waals surface area (Å²) >= 11 is 3.21. The van der Waals surface area contributed by atoms with Gasteiger partial charge in [0.15, 0.2) is 0 Å². The zero-order valence-electron chi connectivity index (χ0n) is 10.9. The molecule has 104 valence electrons. The van der Waals surface area contributed by atoms with Crippen LogP contribution >= 0.6 is 15.9 Å². The predicted molar refractivity (Wildman–Crippen MR) is 78.2 cm³/mol. The maximum absolute atomic E-state index is 10.9. The molecule has 1 aliphatic heterocycles. The molecule has 1 aromatic rings. The third-order valence-electron chi connectivity index (χ3n) is 3.53. The van der Waals surface area contributed by atoms with Crippen LogP contribution in [0.5, 0.6) is 0 Å². The molecule has 1 saturated heterocycles. The monoisotopic (exact) mass is 327 g/mol. The number of nitro benzene ring substituents is 1. The lowest BCUT2D eigenvalue weighted by Gasteiger charge is -2.31. The molecule has 0 aromatic heterocycles. The lowest BCUT2D eigenvalue weighted by molar-refractivity contribution is -0.385. The number of hydrogen-bond donors (Lipinski definition) is 1. The van der Waals surface area contributed by atoms with Gasteiger partial charge in [-0.05, 0) is 54.0 Å². The molecule has 1 N–H and O–H groups in total. The van der Waals surface area contributed by atoms with E-state index in [0.29, 0.717) is 10.5 Å². The summed E-state index contributed by atoms with van der Waals surface area (Å²) in [6, 6.07) is 5.85. The molecule has 1 aliphatic rings. The zero-order chi connectivity index (χ0) is 13.8. The SMILES string of the molecule is CN(Cc1ccc(Br)c([N+](=O)[O-])c1)C1CCCNC1. The van der Waals surface area contributed by atoms with Gasteiger partial charge in [-0.2, -0.15) is 0 Å². The molecule has 1 unspecified atom stereocenters. The number of halogens is 1. The fourth-order valence-electron chi connectivity index (χ4n) is 2.42. The molecule has 19 heavy (non-hydrogen) atoms. The van der Waals surface area contributed by atoms with Gasteiger partial charge in [0.25, 0.3) is 5.69 Å². The van der Waals surface area contributed by atoms with E-state index >= 15 is 0 Å². The van der Waals surface area contributed by atoms with Gasteiger partial charge >= 0.3 is 0 Å². The van der Waals surface area contributed by atoms with E-state index in [1.807, 2.05) is 6.07 Å². The summed E-state index contributed by atoms with van der Waals surface area (Å²) in [7, 11) is 2.07. The van der Waals surface area contributed by atoms with Crippen molar-refractivity contribution >= 4 is 21.6 Å². The van der Waals surface area contributed by atoms with Crippen LogP contribution in [0.15, 0.2) is 22.7 Å². The third-order valence-corrected chi connectivity index (χ3v) is 4.20. The minimum atomic E-state index is -0.351. The van der Waals surface area contributed by atoms with Gasteiger partial charge in [-0.25, -0.2) is 0 Å². The number of benzene rings is 1. The molecule has 5 nitrogen and oxygen atoms in total. The van der Waals surface area contributed by atoms with Crippen LogP contribution in [0.3, 0.4) is 0 Å². The molecular weight excluding hydrogens is 310 g/mol. The second-order valence-electron chi connectivity index (χ2n) is 4.96. The van der Waals surface area contributed by atoms with E-state index in [1.54, 1.807) is 12.1 Å². The summed E-state index contributed by atoms with van der Waals surface area (Å²) in [5, 5.41) is 14.3. The van der Waals surface area contributed by atoms with Crippen molar-refractivity contribution in [1.82, 2.24) is 10.2 Å². The number of nitro groups is 1. The van der Waals surface area contributed by atoms with Gasteiger partial charge in [0.05, 0.1) is 9.40 Å². The standard InChI is InChI=1S/C13H18BrN3O2/c1-16(11-3-2-6-15-8-11)9-10-4-5-12(14)13(7-10)17(18)19/h4-5,7,11,15H,2-3,6,8-9H2,1H3. The van der Waals surface area contributed by atoms with Crippen molar-refractivity contribution in [3.63, 3.8) is 0 Å². The Hall–Kier alpha value is -0.980. The van der Waals surface area contributed by atoms with Gasteiger partial charge < -0.3 is 5.32 Å². The Morgan fingerprint density at radius 2 is 2.37 bits per heavy atom. The van der Waals surface area contributed by atoms with Crippen LogP contribution < -0.4 is 5.32 Å². The summed E-state index contributed by atoms with van der Waals surface area (Å²) < 4.78 is 0.531. The van der Waals surface area contributed by atoms with Gasteiger partial charge in [0, 0.05) is 25.2 Å². The highest BCUT2D eigenvalue weighted by molar-refractivity contribution is 9.10. The Morgan fingerprint density at radius 1 is 1.58 bits per heavy atom. The molecule has 1 fully saturated rings. The third kappa shape index (κ3) is 3.75. The number of nitrogens with one attached hydrogen (secondary N) is 1. The van der Waals surface area contributed by atoms with Crippen LogP contribution in [0.4, 0.5) is 5.69 Å². The number of rotatable bonds is 4. The van der Waals surface area contributed by atoms with Crippen molar-refractivity contribution < 1.29 is 4.92 Å². The first kappa shape index (κ1) is 14.4. The Balaban J connectivity index is 2.05. The fraction of sp³-hybridized carbons (Fsp3) is 0.538. The number of piperidine rings is 1. The van der Waals surface area contributed by atoms with E-state index in [1.165, 1.54) is 12.8 Å². The summed E-state index contributed by atoms with van der Waals surface area (Å²) in [5.41, 5.74) is 1.11. The van der Waals surface area contributed by atoms with Crippen molar-refractivity contribution in [2.24, 2.45) is 0 Å². The minimum absolute atomic E-state index is 0.132. The molecule has 1 heterocycles. The maximum atomic E-state index is 10.9. The highest BCUT2D eigenvalue weighted by Crippen LogP contribution is 2.26. The van der Waals surface area contributed by atoms with Gasteiger partial charge in [-0.3, -0.25) is 15.0 Å². The predicted octanol–water partition coefficient (Wildman–Crippen LogP) is 2.54. The smallest absolute Gasteiger partial charge is 0.283 e. The fourth-order valence-corrected chi connectivity index (χ4v) is 2.81. The quantitative estimate of drug-likeness (QED) is 0.682. The Labute approximate surface area is 121 Å². The average Bonchev–Trinajstić information content (AvgIpc) is 2.41. The van der Waals surface area contributed by atoms with Crippen LogP contribution in [0.25, 0.3) is 0 Å². The number of likely N-dealkylation sites (N-methyl/N-ethyl adjacent to an activating group) is 1. The zero-order valence-corrected chi connectivity index (χ0v) is 12.5. The number of hydrogen-bond acceptors (Lipinski definition) is 4. The van der Waals surface area contributed by atoms with E-state index < -0.39 is 0 Å². The summed E-state index contributed by atoms with van der Waals surface area (Å²) in [4.78, 5) is 12.8. The van der Waals surface area contributed by atoms with E-state index in [0.717, 1.165) is 25.2 Å². The highest BCUT2D eigenvalue weighted by atomic mass is 79.9. The largest absolute Gasteiger partial charge is 0.315 e. The van der Waals surface area contributed by atoms with Crippen molar-refractivity contribution in [3.8, 4) is 0 Å². The van der Waals surface area contributed by atoms with E-state index in [-0.39, 0.29) is 10.6 Å². The second-order valence-corrected chi connectivity index (χ2v) is 5.81. The van der Waals surface area contributed by atoms with Gasteiger partial charge in [-0.1, -0.05) is 6.07 Å². The van der Waals surface area contributed by atoms with Gasteiger partial charge in [0.1, 0.15) is 0 Å². The van der Waals surface area contributed by atoms with Crippen LogP contribution in [-0.2, 0) is 6.54 Å². The van der Waals surface area contributed by atoms with Crippen LogP contribution in [-0.4, -0.2) is 36.0 Å². The molecule has 0 amide bonds. The van der Waals surface area contributed by atoms with Gasteiger partial charge in [0.2, 0.25) is 0 Å². The van der Waals surface area contributed by atoms with Gasteiger partial charge in [-0.15, -0.1) is 0 Å². The van der Waals surface area contributed by atoms with E-state index in [2.05, 4.69) is 33.2 Å². The Bertz CT molecular complexity index is 461. The normalized spacial score (nSPS) is 19.6. The van der Waals surface area contributed by atoms with Crippen LogP contribution in [0, 0.1) is 10.1 Å². The lowest BCUT2D eigenvalue weighted by atomic mass is 10.1. The van der Waals surface area contributed by atoms with Crippen LogP contribution in [0.2, 0.25) is 0 Å². The molecule has 0 radical (unpaired) electrons. The average molecular weight is 328 g/mol. The second kappa shape index (κ2) is 6.45. The molecule has 6 heteroatoms. The molecular formula is C13H18BrN3O2. The van der Waals surface area contributed by atoms with Crippen molar-refractivity contribution in [1.29, 1.82) is 0 Å². The summed E-state index contributed by atoms with van der Waals surface area (Å²) in [5.74, 6) is 0. The molecule has 0 spiro atoms. The molecule has 1 aromatic carbocycles. The Morgan fingerprint density at radius 3 is 3.00 bits per heavy atom. The van der Waals surface area contributed by atoms with E-state index in [9.17, 15) is 10.1 Å². The molecule has 0 saturated carbocycles. The topological polar surface area (TPSA) is 58.4 Å². The first-order valence-electron chi connectivity index (χ1n) is 6.41. The van der Waals surface area contributed by atoms with Crippen molar-refractivity contribution in [2.75, 3.05) is 20.1 Å². The van der Waals surface area contributed by atoms with E-state index in [4.69, 9.17) is 0 Å². The van der Waals surface area contributed by atoms with Crippen LogP contribution in [0.1, 0.15) is 18.4 Å². The first-order valence-corrected chi connectivity index (χ1v) is 7.21. The highest BCUT2D eigenvalue weighted by Gasteiger charge is 2.19. The first-order chi connectivity index (χ1) is 9.08.